The molecule has 0 saturated heterocycles. The SMILES string of the molecule is CCCCC(O)(CCCC)Oc1ccccc1. The molecule has 0 spiro atoms. The fourth-order valence-electron chi connectivity index (χ4n) is 1.84. The number of para-hydroxylation sites is 1. The monoisotopic (exact) mass is 236 g/mol. The molecule has 0 aliphatic carbocycles. The van der Waals surface area contributed by atoms with Crippen molar-refractivity contribution in [2.75, 3.05) is 0 Å². The van der Waals surface area contributed by atoms with Crippen molar-refractivity contribution >= 4 is 0 Å². The van der Waals surface area contributed by atoms with Crippen LogP contribution >= 0.6 is 0 Å². The highest BCUT2D eigenvalue weighted by Gasteiger charge is 2.27. The molecule has 0 aliphatic heterocycles. The average molecular weight is 236 g/mol. The zero-order valence-corrected chi connectivity index (χ0v) is 11.0. The summed E-state index contributed by atoms with van der Waals surface area (Å²) >= 11 is 0. The van der Waals surface area contributed by atoms with E-state index in [1.165, 1.54) is 0 Å². The number of hydrogen-bond donors (Lipinski definition) is 1. The van der Waals surface area contributed by atoms with Gasteiger partial charge in [0.05, 0.1) is 0 Å². The topological polar surface area (TPSA) is 29.5 Å². The van der Waals surface area contributed by atoms with Crippen LogP contribution in [-0.4, -0.2) is 10.9 Å². The van der Waals surface area contributed by atoms with Gasteiger partial charge in [0.2, 0.25) is 5.79 Å². The van der Waals surface area contributed by atoms with E-state index < -0.39 is 5.79 Å². The third-order valence-electron chi connectivity index (χ3n) is 2.89. The molecule has 2 nitrogen and oxygen atoms in total. The zero-order chi connectivity index (χ0) is 12.6. The first-order valence-electron chi connectivity index (χ1n) is 6.66. The Balaban J connectivity index is 2.61. The Morgan fingerprint density at radius 1 is 1.00 bits per heavy atom. The van der Waals surface area contributed by atoms with Crippen molar-refractivity contribution in [2.24, 2.45) is 0 Å². The number of benzene rings is 1. The van der Waals surface area contributed by atoms with Crippen LogP contribution in [0.4, 0.5) is 0 Å². The van der Waals surface area contributed by atoms with Crippen LogP contribution in [0, 0.1) is 0 Å². The maximum absolute atomic E-state index is 10.5. The molecule has 0 radical (unpaired) electrons. The largest absolute Gasteiger partial charge is 0.463 e. The quantitative estimate of drug-likeness (QED) is 0.687. The number of ether oxygens (including phenoxy) is 1. The van der Waals surface area contributed by atoms with Crippen LogP contribution in [0.1, 0.15) is 52.4 Å². The van der Waals surface area contributed by atoms with E-state index in [4.69, 9.17) is 4.74 Å². The Morgan fingerprint density at radius 3 is 2.00 bits per heavy atom. The van der Waals surface area contributed by atoms with Crippen LogP contribution in [0.2, 0.25) is 0 Å². The summed E-state index contributed by atoms with van der Waals surface area (Å²) in [7, 11) is 0. The molecule has 0 atom stereocenters. The summed E-state index contributed by atoms with van der Waals surface area (Å²) in [5.41, 5.74) is 0. The van der Waals surface area contributed by atoms with Crippen LogP contribution in [0.3, 0.4) is 0 Å². The van der Waals surface area contributed by atoms with Crippen LogP contribution < -0.4 is 4.74 Å². The third kappa shape index (κ3) is 5.22. The Labute approximate surface area is 105 Å². The lowest BCUT2D eigenvalue weighted by atomic mass is 10.0. The van der Waals surface area contributed by atoms with E-state index in [2.05, 4.69) is 13.8 Å². The van der Waals surface area contributed by atoms with E-state index in [9.17, 15) is 5.11 Å². The Hall–Kier alpha value is -1.02. The van der Waals surface area contributed by atoms with Crippen molar-refractivity contribution in [3.63, 3.8) is 0 Å². The minimum absolute atomic E-state index is 0.707. The molecule has 0 fully saturated rings. The van der Waals surface area contributed by atoms with E-state index in [1.807, 2.05) is 30.3 Å². The molecule has 0 aromatic heterocycles. The Morgan fingerprint density at radius 2 is 1.53 bits per heavy atom. The highest BCUT2D eigenvalue weighted by Crippen LogP contribution is 2.25. The predicted molar refractivity (Wildman–Crippen MR) is 71.1 cm³/mol. The number of unbranched alkanes of at least 4 members (excludes halogenated alkanes) is 2. The second kappa shape index (κ2) is 7.33. The summed E-state index contributed by atoms with van der Waals surface area (Å²) in [4.78, 5) is 0. The highest BCUT2D eigenvalue weighted by molar-refractivity contribution is 5.21. The zero-order valence-electron chi connectivity index (χ0n) is 11.0. The molecule has 0 bridgehead atoms. The summed E-state index contributed by atoms with van der Waals surface area (Å²) in [6, 6.07) is 9.58. The van der Waals surface area contributed by atoms with Gasteiger partial charge in [0.1, 0.15) is 5.75 Å². The van der Waals surface area contributed by atoms with Crippen molar-refractivity contribution in [1.29, 1.82) is 0 Å². The van der Waals surface area contributed by atoms with E-state index >= 15 is 0 Å². The predicted octanol–water partition coefficient (Wildman–Crippen LogP) is 4.13. The van der Waals surface area contributed by atoms with Crippen LogP contribution in [0.15, 0.2) is 30.3 Å². The van der Waals surface area contributed by atoms with Gasteiger partial charge in [-0.05, 0) is 25.0 Å². The lowest BCUT2D eigenvalue weighted by Gasteiger charge is -2.29. The van der Waals surface area contributed by atoms with Crippen LogP contribution in [-0.2, 0) is 0 Å². The first kappa shape index (κ1) is 14.0. The van der Waals surface area contributed by atoms with Gasteiger partial charge in [-0.25, -0.2) is 0 Å². The minimum atomic E-state index is -0.993. The summed E-state index contributed by atoms with van der Waals surface area (Å²) in [5.74, 6) is -0.241. The standard InChI is InChI=1S/C15H24O2/c1-3-5-12-15(16,13-6-4-2)17-14-10-8-7-9-11-14/h7-11,16H,3-6,12-13H2,1-2H3. The first-order valence-corrected chi connectivity index (χ1v) is 6.66. The molecule has 1 rings (SSSR count). The van der Waals surface area contributed by atoms with Crippen molar-refractivity contribution in [1.82, 2.24) is 0 Å². The third-order valence-corrected chi connectivity index (χ3v) is 2.89. The summed E-state index contributed by atoms with van der Waals surface area (Å²) < 4.78 is 5.76. The number of rotatable bonds is 8. The van der Waals surface area contributed by atoms with E-state index in [0.717, 1.165) is 31.4 Å². The number of hydrogen-bond acceptors (Lipinski definition) is 2. The fourth-order valence-corrected chi connectivity index (χ4v) is 1.84. The molecule has 1 N–H and O–H groups in total. The van der Waals surface area contributed by atoms with Crippen molar-refractivity contribution in [2.45, 2.75) is 58.2 Å². The smallest absolute Gasteiger partial charge is 0.208 e. The second-order valence-electron chi connectivity index (χ2n) is 4.57. The minimum Gasteiger partial charge on any atom is -0.463 e. The lowest BCUT2D eigenvalue weighted by molar-refractivity contribution is -0.149. The van der Waals surface area contributed by atoms with Gasteiger partial charge in [0.25, 0.3) is 0 Å². The summed E-state index contributed by atoms with van der Waals surface area (Å²) in [6.45, 7) is 4.26. The molecule has 0 aliphatic rings. The Bertz CT molecular complexity index is 287. The van der Waals surface area contributed by atoms with Crippen molar-refractivity contribution in [3.05, 3.63) is 30.3 Å². The lowest BCUT2D eigenvalue weighted by Crippen LogP contribution is -2.35. The summed E-state index contributed by atoms with van der Waals surface area (Å²) in [5, 5.41) is 10.5. The molecule has 0 saturated carbocycles. The van der Waals surface area contributed by atoms with E-state index in [-0.39, 0.29) is 0 Å². The van der Waals surface area contributed by atoms with Crippen molar-refractivity contribution in [3.8, 4) is 5.75 Å². The molecule has 96 valence electrons. The molecular formula is C15H24O2. The molecular weight excluding hydrogens is 212 g/mol. The molecule has 2 heteroatoms. The maximum Gasteiger partial charge on any atom is 0.208 e. The highest BCUT2D eigenvalue weighted by atomic mass is 16.6. The van der Waals surface area contributed by atoms with Gasteiger partial charge < -0.3 is 9.84 Å². The van der Waals surface area contributed by atoms with Crippen molar-refractivity contribution < 1.29 is 9.84 Å². The van der Waals surface area contributed by atoms with Gasteiger partial charge >= 0.3 is 0 Å². The Kier molecular flexibility index (Phi) is 6.06. The molecule has 17 heavy (non-hydrogen) atoms. The number of aliphatic hydroxyl groups is 1. The molecule has 0 unspecified atom stereocenters. The second-order valence-corrected chi connectivity index (χ2v) is 4.57. The van der Waals surface area contributed by atoms with Crippen LogP contribution in [0.5, 0.6) is 5.75 Å². The molecule has 1 aromatic rings. The van der Waals surface area contributed by atoms with E-state index in [0.29, 0.717) is 12.8 Å². The molecule has 1 aromatic carbocycles. The average Bonchev–Trinajstić information content (AvgIpc) is 2.35. The maximum atomic E-state index is 10.5. The van der Waals surface area contributed by atoms with Gasteiger partial charge in [-0.15, -0.1) is 0 Å². The van der Waals surface area contributed by atoms with Crippen LogP contribution in [0.25, 0.3) is 0 Å². The summed E-state index contributed by atoms with van der Waals surface area (Å²) in [6.07, 6.45) is 5.55. The van der Waals surface area contributed by atoms with E-state index in [1.54, 1.807) is 0 Å². The first-order chi connectivity index (χ1) is 8.20. The molecule has 0 amide bonds. The molecule has 0 heterocycles. The van der Waals surface area contributed by atoms with Gasteiger partial charge in [-0.2, -0.15) is 0 Å². The van der Waals surface area contributed by atoms with Gasteiger partial charge in [-0.1, -0.05) is 44.9 Å². The fraction of sp³-hybridized carbons (Fsp3) is 0.600. The van der Waals surface area contributed by atoms with Gasteiger partial charge in [-0.3, -0.25) is 0 Å². The van der Waals surface area contributed by atoms with Gasteiger partial charge in [0.15, 0.2) is 0 Å². The normalized spacial score (nSPS) is 11.5. The van der Waals surface area contributed by atoms with Gasteiger partial charge in [0, 0.05) is 12.8 Å².